The maximum atomic E-state index is 14.9. The van der Waals surface area contributed by atoms with Crippen molar-refractivity contribution in [3.8, 4) is 6.07 Å². The van der Waals surface area contributed by atoms with Crippen LogP contribution in [0.3, 0.4) is 0 Å². The lowest BCUT2D eigenvalue weighted by Gasteiger charge is -2.21. The lowest BCUT2D eigenvalue weighted by Crippen LogP contribution is -2.22. The molecule has 5 rings (SSSR count). The lowest BCUT2D eigenvalue weighted by molar-refractivity contribution is 0.0253. The summed E-state index contributed by atoms with van der Waals surface area (Å²) >= 11 is 0. The number of nitriles is 1. The number of aromatic nitrogens is 6. The van der Waals surface area contributed by atoms with Gasteiger partial charge in [0.2, 0.25) is 5.82 Å². The molecule has 1 N–H and O–H groups in total. The van der Waals surface area contributed by atoms with Gasteiger partial charge in [0, 0.05) is 11.1 Å². The third kappa shape index (κ3) is 3.00. The number of rotatable bonds is 5. The number of H-pyrrole nitrogens is 1. The van der Waals surface area contributed by atoms with E-state index in [0.29, 0.717) is 30.1 Å². The first kappa shape index (κ1) is 18.6. The van der Waals surface area contributed by atoms with E-state index in [4.69, 9.17) is 0 Å². The van der Waals surface area contributed by atoms with E-state index < -0.39 is 11.7 Å². The number of tetrazole rings is 1. The van der Waals surface area contributed by atoms with Crippen LogP contribution in [0.2, 0.25) is 0 Å². The molecule has 2 aliphatic carbocycles. The lowest BCUT2D eigenvalue weighted by atomic mass is 9.91. The molecule has 0 saturated heterocycles. The molecule has 1 saturated carbocycles. The Morgan fingerprint density at radius 2 is 2.13 bits per heavy atom. The van der Waals surface area contributed by atoms with Gasteiger partial charge in [-0.2, -0.15) is 24.4 Å². The Morgan fingerprint density at radius 1 is 1.30 bits per heavy atom. The summed E-state index contributed by atoms with van der Waals surface area (Å²) in [6, 6.07) is 8.04. The van der Waals surface area contributed by atoms with Gasteiger partial charge in [-0.15, -0.1) is 10.2 Å². The highest BCUT2D eigenvalue weighted by Gasteiger charge is 2.42. The monoisotopic (exact) mass is 407 g/mol. The van der Waals surface area contributed by atoms with Gasteiger partial charge in [-0.1, -0.05) is 12.1 Å². The number of nitrogens with zero attached hydrogens (tertiary/aromatic N) is 6. The molecule has 3 aromatic rings. The predicted octanol–water partition coefficient (Wildman–Crippen LogP) is 3.62. The van der Waals surface area contributed by atoms with Gasteiger partial charge in [0.1, 0.15) is 0 Å². The van der Waals surface area contributed by atoms with Crippen LogP contribution in [0.15, 0.2) is 23.8 Å². The number of aromatic amines is 1. The van der Waals surface area contributed by atoms with Crippen LogP contribution >= 0.6 is 0 Å². The second-order valence-electron chi connectivity index (χ2n) is 7.85. The molecular formula is C21H19F2N7. The Balaban J connectivity index is 1.57. The highest BCUT2D eigenvalue weighted by atomic mass is 19.3. The fourth-order valence-electron chi connectivity index (χ4n) is 4.22. The first-order valence-corrected chi connectivity index (χ1v) is 9.90. The molecule has 0 atom stereocenters. The van der Waals surface area contributed by atoms with Gasteiger partial charge in [-0.3, -0.25) is 4.68 Å². The zero-order valence-electron chi connectivity index (χ0n) is 16.4. The van der Waals surface area contributed by atoms with E-state index >= 15 is 0 Å². The summed E-state index contributed by atoms with van der Waals surface area (Å²) in [5.74, 6) is -3.47. The van der Waals surface area contributed by atoms with Crippen LogP contribution in [0.5, 0.6) is 0 Å². The average molecular weight is 407 g/mol. The van der Waals surface area contributed by atoms with Crippen molar-refractivity contribution in [3.63, 3.8) is 0 Å². The normalized spacial score (nSPS) is 16.1. The van der Waals surface area contributed by atoms with Crippen LogP contribution in [0.1, 0.15) is 64.6 Å². The van der Waals surface area contributed by atoms with E-state index in [-0.39, 0.29) is 12.0 Å². The Hall–Kier alpha value is -3.41. The molecule has 152 valence electrons. The number of alkyl halides is 2. The predicted molar refractivity (Wildman–Crippen MR) is 104 cm³/mol. The van der Waals surface area contributed by atoms with E-state index in [1.807, 2.05) is 13.0 Å². The van der Waals surface area contributed by atoms with E-state index in [0.717, 1.165) is 35.2 Å². The van der Waals surface area contributed by atoms with Crippen molar-refractivity contribution in [2.75, 3.05) is 0 Å². The summed E-state index contributed by atoms with van der Waals surface area (Å²) in [5.41, 5.74) is 5.08. The Labute approximate surface area is 171 Å². The van der Waals surface area contributed by atoms with E-state index in [2.05, 4.69) is 37.9 Å². The van der Waals surface area contributed by atoms with Crippen LogP contribution in [0.25, 0.3) is 6.08 Å². The highest BCUT2D eigenvalue weighted by Crippen LogP contribution is 2.43. The van der Waals surface area contributed by atoms with Crippen LogP contribution in [0.4, 0.5) is 8.78 Å². The molecule has 7 nitrogen and oxygen atoms in total. The van der Waals surface area contributed by atoms with Gasteiger partial charge in [-0.05, 0) is 67.0 Å². The third-order valence-electron chi connectivity index (χ3n) is 5.94. The second-order valence-corrected chi connectivity index (χ2v) is 7.85. The van der Waals surface area contributed by atoms with Crippen molar-refractivity contribution in [1.29, 1.82) is 5.26 Å². The standard InChI is InChI=1S/C21H19F2N7/c1-12-16-8-7-15(21(22,23)20-25-28-29-26-20)9-19(16)30(27-12)11-18-14(10-24)3-2-4-17(18)13-5-6-13/h2-4,9,13H,5-8,11H2,1H3,(H,25,26,28,29). The van der Waals surface area contributed by atoms with Gasteiger partial charge in [0.25, 0.3) is 0 Å². The van der Waals surface area contributed by atoms with E-state index in [1.165, 1.54) is 6.08 Å². The zero-order valence-corrected chi connectivity index (χ0v) is 16.4. The molecule has 0 radical (unpaired) electrons. The molecule has 0 amide bonds. The maximum absolute atomic E-state index is 14.9. The summed E-state index contributed by atoms with van der Waals surface area (Å²) in [6.45, 7) is 2.27. The van der Waals surface area contributed by atoms with Gasteiger partial charge in [-0.25, -0.2) is 0 Å². The Kier molecular flexibility index (Phi) is 4.24. The molecular weight excluding hydrogens is 388 g/mol. The minimum Gasteiger partial charge on any atom is -0.260 e. The number of nitrogens with one attached hydrogen (secondary N) is 1. The molecule has 30 heavy (non-hydrogen) atoms. The number of hydrogen-bond acceptors (Lipinski definition) is 5. The molecule has 0 bridgehead atoms. The first-order valence-electron chi connectivity index (χ1n) is 9.90. The summed E-state index contributed by atoms with van der Waals surface area (Å²) in [7, 11) is 0. The number of hydrogen-bond donors (Lipinski definition) is 1. The fourth-order valence-corrected chi connectivity index (χ4v) is 4.22. The van der Waals surface area contributed by atoms with Crippen molar-refractivity contribution in [2.45, 2.75) is 51.0 Å². The van der Waals surface area contributed by atoms with Crippen molar-refractivity contribution in [2.24, 2.45) is 0 Å². The topological polar surface area (TPSA) is 96.1 Å². The number of allylic oxidation sites excluding steroid dienone is 1. The number of halogens is 2. The molecule has 2 aliphatic rings. The molecule has 2 heterocycles. The molecule has 0 aliphatic heterocycles. The SMILES string of the molecule is Cc1nn(Cc2c(C#N)cccc2C2CC2)c2c1CCC(C(F)(F)c1nn[nH]n1)=C2. The Morgan fingerprint density at radius 3 is 2.83 bits per heavy atom. The third-order valence-corrected chi connectivity index (χ3v) is 5.94. The fraction of sp³-hybridized carbons (Fsp3) is 0.381. The quantitative estimate of drug-likeness (QED) is 0.697. The zero-order chi connectivity index (χ0) is 20.9. The molecule has 1 aromatic carbocycles. The number of aryl methyl sites for hydroxylation is 1. The van der Waals surface area contributed by atoms with Crippen molar-refractivity contribution >= 4 is 6.08 Å². The summed E-state index contributed by atoms with van der Waals surface area (Å²) in [4.78, 5) is 0. The van der Waals surface area contributed by atoms with Gasteiger partial charge < -0.3 is 0 Å². The minimum atomic E-state index is -3.31. The van der Waals surface area contributed by atoms with Gasteiger partial charge >= 0.3 is 5.92 Å². The van der Waals surface area contributed by atoms with Gasteiger partial charge in [0.05, 0.1) is 29.6 Å². The van der Waals surface area contributed by atoms with E-state index in [9.17, 15) is 14.0 Å². The minimum absolute atomic E-state index is 0.0615. The van der Waals surface area contributed by atoms with Crippen molar-refractivity contribution in [1.82, 2.24) is 30.4 Å². The molecule has 9 heteroatoms. The van der Waals surface area contributed by atoms with Crippen LogP contribution in [0, 0.1) is 18.3 Å². The van der Waals surface area contributed by atoms with Crippen molar-refractivity contribution < 1.29 is 8.78 Å². The van der Waals surface area contributed by atoms with Crippen molar-refractivity contribution in [3.05, 3.63) is 63.2 Å². The Bertz CT molecular complexity index is 1180. The second kappa shape index (κ2) is 6.83. The number of benzene rings is 1. The molecule has 1 fully saturated rings. The summed E-state index contributed by atoms with van der Waals surface area (Å²) < 4.78 is 31.6. The van der Waals surface area contributed by atoms with Crippen LogP contribution < -0.4 is 0 Å². The summed E-state index contributed by atoms with van der Waals surface area (Å²) in [5, 5.41) is 26.6. The van der Waals surface area contributed by atoms with Gasteiger partial charge in [0.15, 0.2) is 0 Å². The van der Waals surface area contributed by atoms with Crippen LogP contribution in [-0.2, 0) is 18.9 Å². The maximum Gasteiger partial charge on any atom is 0.331 e. The summed E-state index contributed by atoms with van der Waals surface area (Å²) in [6.07, 6.45) is 4.39. The first-order chi connectivity index (χ1) is 14.5. The highest BCUT2D eigenvalue weighted by molar-refractivity contribution is 5.60. The molecule has 0 spiro atoms. The van der Waals surface area contributed by atoms with E-state index in [1.54, 1.807) is 10.7 Å². The number of fused-ring (bicyclic) bond motifs is 1. The smallest absolute Gasteiger partial charge is 0.260 e. The average Bonchev–Trinajstić information content (AvgIpc) is 3.33. The van der Waals surface area contributed by atoms with Crippen LogP contribution in [-0.4, -0.2) is 30.4 Å². The largest absolute Gasteiger partial charge is 0.331 e. The molecule has 2 aromatic heterocycles. The molecule has 0 unspecified atom stereocenters.